The van der Waals surface area contributed by atoms with E-state index in [2.05, 4.69) is 65.7 Å². The maximum atomic E-state index is 4.62. The SMILES string of the molecule is [Br][Pt+].[c-]1c(-c2nccc3ccccc23)cccc1-c1nccc2ccccc12. The van der Waals surface area contributed by atoms with E-state index in [1.807, 2.05) is 72.6 Å². The molecule has 0 saturated heterocycles. The van der Waals surface area contributed by atoms with Crippen LogP contribution in [-0.4, -0.2) is 9.97 Å². The van der Waals surface area contributed by atoms with Crippen LogP contribution in [0, 0.1) is 6.07 Å². The predicted octanol–water partition coefficient (Wildman–Crippen LogP) is 6.76. The third-order valence-corrected chi connectivity index (χ3v) is 4.65. The first kappa shape index (κ1) is 19.0. The van der Waals surface area contributed by atoms with E-state index in [-0.39, 0.29) is 0 Å². The third kappa shape index (κ3) is 3.65. The molecule has 0 radical (unpaired) electrons. The molecule has 5 rings (SSSR count). The fourth-order valence-corrected chi connectivity index (χ4v) is 3.41. The van der Waals surface area contributed by atoms with Gasteiger partial charge in [0.05, 0.1) is 0 Å². The average Bonchev–Trinajstić information content (AvgIpc) is 2.80. The molecule has 0 aliphatic rings. The zero-order valence-corrected chi connectivity index (χ0v) is 18.6. The van der Waals surface area contributed by atoms with Crippen LogP contribution in [-0.2, 0) is 17.8 Å². The van der Waals surface area contributed by atoms with Crippen LogP contribution in [0.5, 0.6) is 0 Å². The van der Waals surface area contributed by atoms with Crippen molar-refractivity contribution in [2.24, 2.45) is 0 Å². The van der Waals surface area contributed by atoms with E-state index < -0.39 is 0 Å². The van der Waals surface area contributed by atoms with Gasteiger partial charge in [-0.3, -0.25) is 9.97 Å². The third-order valence-electron chi connectivity index (χ3n) is 4.65. The van der Waals surface area contributed by atoms with Crippen LogP contribution in [0.25, 0.3) is 44.1 Å². The Morgan fingerprint density at radius 2 is 1.04 bits per heavy atom. The molecule has 0 spiro atoms. The van der Waals surface area contributed by atoms with E-state index in [1.54, 1.807) is 0 Å². The zero-order chi connectivity index (χ0) is 19.3. The first-order valence-corrected chi connectivity index (χ1v) is 13.7. The van der Waals surface area contributed by atoms with Crippen molar-refractivity contribution < 1.29 is 17.8 Å². The first-order valence-electron chi connectivity index (χ1n) is 8.73. The second-order valence-corrected chi connectivity index (χ2v) is 6.24. The van der Waals surface area contributed by atoms with Gasteiger partial charge in [-0.05, 0) is 33.7 Å². The summed E-state index contributed by atoms with van der Waals surface area (Å²) < 4.78 is 0. The Morgan fingerprint density at radius 3 is 1.54 bits per heavy atom. The first-order chi connectivity index (χ1) is 13.9. The topological polar surface area (TPSA) is 25.8 Å². The molecule has 0 amide bonds. The van der Waals surface area contributed by atoms with Crippen molar-refractivity contribution in [2.45, 2.75) is 0 Å². The summed E-state index contributed by atoms with van der Waals surface area (Å²) >= 11 is 4.86. The molecular weight excluding hydrogens is 591 g/mol. The summed E-state index contributed by atoms with van der Waals surface area (Å²) in [5.74, 6) is 0. The van der Waals surface area contributed by atoms with E-state index in [1.165, 1.54) is 10.8 Å². The van der Waals surface area contributed by atoms with Gasteiger partial charge in [0.1, 0.15) is 0 Å². The maximum absolute atomic E-state index is 4.62. The van der Waals surface area contributed by atoms with Gasteiger partial charge in [-0.2, -0.15) is 0 Å². The number of fused-ring (bicyclic) bond motifs is 2. The number of rotatable bonds is 2. The molecule has 28 heavy (non-hydrogen) atoms. The fourth-order valence-electron chi connectivity index (χ4n) is 3.41. The Hall–Kier alpha value is -2.35. The summed E-state index contributed by atoms with van der Waals surface area (Å²) in [5, 5.41) is 4.63. The second kappa shape index (κ2) is 8.77. The van der Waals surface area contributed by atoms with Gasteiger partial charge < -0.3 is 0 Å². The van der Waals surface area contributed by atoms with E-state index in [4.69, 9.17) is 0 Å². The molecule has 2 nitrogen and oxygen atoms in total. The fraction of sp³-hybridized carbons (Fsp3) is 0. The summed E-state index contributed by atoms with van der Waals surface area (Å²) in [6.07, 6.45) is 3.71. The van der Waals surface area contributed by atoms with Crippen molar-refractivity contribution in [3.8, 4) is 22.5 Å². The van der Waals surface area contributed by atoms with Crippen molar-refractivity contribution in [3.05, 3.63) is 97.3 Å². The molecule has 5 aromatic rings. The summed E-state index contributed by atoms with van der Waals surface area (Å²) in [5.41, 5.74) is 3.86. The summed E-state index contributed by atoms with van der Waals surface area (Å²) in [6, 6.07) is 30.4. The number of pyridine rings is 2. The van der Waals surface area contributed by atoms with Crippen LogP contribution in [0.1, 0.15) is 0 Å². The molecule has 2 heterocycles. The van der Waals surface area contributed by atoms with Crippen LogP contribution in [0.3, 0.4) is 0 Å². The van der Waals surface area contributed by atoms with Crippen LogP contribution in [0.2, 0.25) is 0 Å². The van der Waals surface area contributed by atoms with Gasteiger partial charge in [0.25, 0.3) is 0 Å². The van der Waals surface area contributed by atoms with Crippen LogP contribution in [0.4, 0.5) is 0 Å². The standard InChI is InChI=1S/C24H15N2.BrH.Pt/c1-3-10-21-17(6-1)12-14-25-23(21)19-8-5-9-20(16-19)24-22-11-4-2-7-18(22)13-15-26-24;;/h1-15H;1H;/q-1;;+2/p-1. The molecule has 0 atom stereocenters. The van der Waals surface area contributed by atoms with E-state index in [0.717, 1.165) is 33.3 Å². The molecule has 3 aromatic carbocycles. The van der Waals surface area contributed by atoms with Gasteiger partial charge in [-0.15, -0.1) is 24.3 Å². The summed E-state index contributed by atoms with van der Waals surface area (Å²) in [6.45, 7) is 0. The van der Waals surface area contributed by atoms with Crippen LogP contribution in [0.15, 0.2) is 91.3 Å². The minimum atomic E-state index is 0.949. The molecule has 0 saturated carbocycles. The van der Waals surface area contributed by atoms with Crippen LogP contribution >= 0.6 is 13.3 Å². The Bertz CT molecular complexity index is 1150. The molecule has 2 aromatic heterocycles. The molecule has 0 unspecified atom stereocenters. The minimum absolute atomic E-state index is 0.949. The molecule has 0 N–H and O–H groups in total. The van der Waals surface area contributed by atoms with Gasteiger partial charge in [-0.25, -0.2) is 0 Å². The number of nitrogens with zero attached hydrogens (tertiary/aromatic N) is 2. The van der Waals surface area contributed by atoms with E-state index in [0.29, 0.717) is 0 Å². The minimum Gasteiger partial charge on any atom is -0.294 e. The zero-order valence-electron chi connectivity index (χ0n) is 14.7. The number of hydrogen-bond acceptors (Lipinski definition) is 2. The largest absolute Gasteiger partial charge is 0.294 e. The van der Waals surface area contributed by atoms with Crippen molar-refractivity contribution in [1.29, 1.82) is 0 Å². The Balaban J connectivity index is 0.000000932. The summed E-state index contributed by atoms with van der Waals surface area (Å²) in [7, 11) is 0. The van der Waals surface area contributed by atoms with Gasteiger partial charge >= 0.3 is 31.1 Å². The van der Waals surface area contributed by atoms with Crippen molar-refractivity contribution >= 4 is 34.8 Å². The number of halogens is 1. The average molecular weight is 606 g/mol. The number of aromatic nitrogens is 2. The molecular formula is C24H15BrN2Pt. The molecule has 138 valence electrons. The van der Waals surface area contributed by atoms with Crippen LogP contribution < -0.4 is 0 Å². The maximum Gasteiger partial charge on any atom is 0.0189 e. The van der Waals surface area contributed by atoms with Crippen molar-refractivity contribution in [1.82, 2.24) is 9.97 Å². The molecule has 0 aliphatic heterocycles. The van der Waals surface area contributed by atoms with E-state index >= 15 is 0 Å². The second-order valence-electron chi connectivity index (χ2n) is 6.24. The quantitative estimate of drug-likeness (QED) is 0.208. The molecule has 0 fully saturated rings. The molecule has 4 heteroatoms. The Kier molecular flexibility index (Phi) is 5.95. The van der Waals surface area contributed by atoms with E-state index in [9.17, 15) is 0 Å². The van der Waals surface area contributed by atoms with Crippen molar-refractivity contribution in [2.75, 3.05) is 0 Å². The normalized spacial score (nSPS) is 10.5. The van der Waals surface area contributed by atoms with Gasteiger partial charge in [0.15, 0.2) is 0 Å². The van der Waals surface area contributed by atoms with Gasteiger partial charge in [-0.1, -0.05) is 59.7 Å². The monoisotopic (exact) mass is 605 g/mol. The number of benzene rings is 3. The Morgan fingerprint density at radius 1 is 0.571 bits per heavy atom. The predicted molar refractivity (Wildman–Crippen MR) is 116 cm³/mol. The summed E-state index contributed by atoms with van der Waals surface area (Å²) in [4.78, 5) is 9.25. The van der Waals surface area contributed by atoms with Gasteiger partial charge in [0.2, 0.25) is 0 Å². The van der Waals surface area contributed by atoms with Crippen molar-refractivity contribution in [3.63, 3.8) is 0 Å². The molecule has 0 bridgehead atoms. The smallest absolute Gasteiger partial charge is 0.0189 e. The van der Waals surface area contributed by atoms with Gasteiger partial charge in [0, 0.05) is 23.8 Å². The number of hydrogen-bond donors (Lipinski definition) is 0. The Labute approximate surface area is 181 Å². The molecule has 0 aliphatic carbocycles.